The minimum atomic E-state index is -0.351. The van der Waals surface area contributed by atoms with E-state index in [9.17, 15) is 14.7 Å². The number of carbonyl (C=O) groups is 1. The number of hydrogen-bond donors (Lipinski definition) is 2. The van der Waals surface area contributed by atoms with Crippen molar-refractivity contribution in [2.45, 2.75) is 13.0 Å². The molecule has 0 spiro atoms. The zero-order valence-corrected chi connectivity index (χ0v) is 11.2. The molecule has 6 heteroatoms. The number of nitrogens with zero attached hydrogens (tertiary/aromatic N) is 2. The van der Waals surface area contributed by atoms with Gasteiger partial charge in [-0.2, -0.15) is 5.10 Å². The number of hydrogen-bond acceptors (Lipinski definition) is 4. The molecular weight excluding hydrogens is 258 g/mol. The Balaban J connectivity index is 2.19. The monoisotopic (exact) mass is 273 g/mol. The van der Waals surface area contributed by atoms with Crippen LogP contribution >= 0.6 is 0 Å². The van der Waals surface area contributed by atoms with Gasteiger partial charge in [0.2, 0.25) is 0 Å². The molecule has 2 rings (SSSR count). The first-order valence-corrected chi connectivity index (χ1v) is 6.11. The van der Waals surface area contributed by atoms with Gasteiger partial charge in [0.1, 0.15) is 11.4 Å². The molecule has 0 aliphatic heterocycles. The van der Waals surface area contributed by atoms with Gasteiger partial charge in [-0.3, -0.25) is 9.59 Å². The lowest BCUT2D eigenvalue weighted by atomic mass is 10.1. The summed E-state index contributed by atoms with van der Waals surface area (Å²) in [5, 5.41) is 15.2. The van der Waals surface area contributed by atoms with E-state index in [2.05, 4.69) is 10.2 Å². The van der Waals surface area contributed by atoms with Crippen LogP contribution in [0.2, 0.25) is 0 Å². The van der Waals surface area contributed by atoms with Crippen LogP contribution in [0.1, 0.15) is 29.0 Å². The van der Waals surface area contributed by atoms with E-state index in [1.807, 2.05) is 6.92 Å². The van der Waals surface area contributed by atoms with Crippen LogP contribution in [0.4, 0.5) is 0 Å². The molecule has 1 aromatic heterocycles. The second-order valence-corrected chi connectivity index (χ2v) is 4.49. The number of aromatic hydroxyl groups is 1. The number of phenolic OH excluding ortho intramolecular Hbond substituents is 1. The van der Waals surface area contributed by atoms with Gasteiger partial charge >= 0.3 is 0 Å². The van der Waals surface area contributed by atoms with Crippen molar-refractivity contribution in [2.75, 3.05) is 7.05 Å². The summed E-state index contributed by atoms with van der Waals surface area (Å²) in [6.45, 7) is 1.87. The third-order valence-corrected chi connectivity index (χ3v) is 3.18. The number of rotatable bonds is 3. The molecule has 0 bridgehead atoms. The van der Waals surface area contributed by atoms with Gasteiger partial charge < -0.3 is 10.0 Å². The van der Waals surface area contributed by atoms with E-state index in [0.29, 0.717) is 0 Å². The van der Waals surface area contributed by atoms with E-state index < -0.39 is 0 Å². The normalized spacial score (nSPS) is 11.9. The first kappa shape index (κ1) is 13.8. The number of carbonyl (C=O) groups excluding carboxylic acids is 1. The molecular formula is C14H15N3O3. The van der Waals surface area contributed by atoms with E-state index in [4.69, 9.17) is 0 Å². The molecule has 0 saturated carbocycles. The highest BCUT2D eigenvalue weighted by molar-refractivity contribution is 5.92. The smallest absolute Gasteiger partial charge is 0.274 e. The minimum Gasteiger partial charge on any atom is -0.508 e. The fourth-order valence-corrected chi connectivity index (χ4v) is 1.80. The molecule has 6 nitrogen and oxygen atoms in total. The number of benzene rings is 1. The van der Waals surface area contributed by atoms with Gasteiger partial charge in [-0.25, -0.2) is 5.10 Å². The van der Waals surface area contributed by atoms with Crippen molar-refractivity contribution in [3.63, 3.8) is 0 Å². The van der Waals surface area contributed by atoms with Gasteiger partial charge in [0.25, 0.3) is 11.5 Å². The first-order chi connectivity index (χ1) is 9.49. The molecule has 1 heterocycles. The Bertz CT molecular complexity index is 644. The summed E-state index contributed by atoms with van der Waals surface area (Å²) in [5.41, 5.74) is 0.719. The molecule has 0 aliphatic rings. The van der Waals surface area contributed by atoms with E-state index in [-0.39, 0.29) is 29.0 Å². The third kappa shape index (κ3) is 2.85. The largest absolute Gasteiger partial charge is 0.508 e. The van der Waals surface area contributed by atoms with Crippen LogP contribution in [-0.4, -0.2) is 33.2 Å². The van der Waals surface area contributed by atoms with Crippen LogP contribution in [0, 0.1) is 0 Å². The summed E-state index contributed by atoms with van der Waals surface area (Å²) in [7, 11) is 1.66. The van der Waals surface area contributed by atoms with Crippen LogP contribution in [0.25, 0.3) is 0 Å². The highest BCUT2D eigenvalue weighted by Gasteiger charge is 2.20. The Morgan fingerprint density at radius 1 is 1.25 bits per heavy atom. The van der Waals surface area contributed by atoms with E-state index in [1.54, 1.807) is 31.3 Å². The van der Waals surface area contributed by atoms with Crippen molar-refractivity contribution in [3.8, 4) is 5.75 Å². The van der Waals surface area contributed by atoms with E-state index in [0.717, 1.165) is 5.56 Å². The standard InChI is InChI=1S/C14H15N3O3/c1-9(10-3-5-11(18)6-4-10)17(2)14(20)12-7-8-13(19)16-15-12/h3-9,18H,1-2H3,(H,16,19). The summed E-state index contributed by atoms with van der Waals surface area (Å²) >= 11 is 0. The number of nitrogens with one attached hydrogen (secondary N) is 1. The number of amides is 1. The lowest BCUT2D eigenvalue weighted by molar-refractivity contribution is 0.0735. The maximum atomic E-state index is 12.2. The summed E-state index contributed by atoms with van der Waals surface area (Å²) in [4.78, 5) is 24.7. The second-order valence-electron chi connectivity index (χ2n) is 4.49. The fraction of sp³-hybridized carbons (Fsp3) is 0.214. The second kappa shape index (κ2) is 5.56. The molecule has 0 aliphatic carbocycles. The average molecular weight is 273 g/mol. The summed E-state index contributed by atoms with van der Waals surface area (Å²) in [5.74, 6) is -0.112. The quantitative estimate of drug-likeness (QED) is 0.882. The van der Waals surface area contributed by atoms with Crippen LogP contribution < -0.4 is 5.56 Å². The maximum absolute atomic E-state index is 12.2. The highest BCUT2D eigenvalue weighted by atomic mass is 16.3. The molecule has 2 aromatic rings. The zero-order valence-electron chi connectivity index (χ0n) is 11.2. The maximum Gasteiger partial charge on any atom is 0.274 e. The number of H-pyrrole nitrogens is 1. The molecule has 1 unspecified atom stereocenters. The van der Waals surface area contributed by atoms with Crippen LogP contribution in [-0.2, 0) is 0 Å². The SMILES string of the molecule is CC(c1ccc(O)cc1)N(C)C(=O)c1ccc(=O)[nH]n1. The first-order valence-electron chi connectivity index (χ1n) is 6.11. The van der Waals surface area contributed by atoms with Crippen molar-refractivity contribution in [1.82, 2.24) is 15.1 Å². The molecule has 104 valence electrons. The highest BCUT2D eigenvalue weighted by Crippen LogP contribution is 2.22. The van der Waals surface area contributed by atoms with E-state index >= 15 is 0 Å². The predicted octanol–water partition coefficient (Wildman–Crippen LogP) is 1.31. The topological polar surface area (TPSA) is 86.3 Å². The number of phenols is 1. The van der Waals surface area contributed by atoms with Crippen molar-refractivity contribution in [3.05, 3.63) is 58.0 Å². The fourth-order valence-electron chi connectivity index (χ4n) is 1.80. The van der Waals surface area contributed by atoms with Gasteiger partial charge in [0, 0.05) is 13.1 Å². The summed E-state index contributed by atoms with van der Waals surface area (Å²) < 4.78 is 0. The molecule has 2 N–H and O–H groups in total. The Morgan fingerprint density at radius 3 is 2.45 bits per heavy atom. The molecule has 1 aromatic carbocycles. The Kier molecular flexibility index (Phi) is 3.84. The molecule has 0 saturated heterocycles. The predicted molar refractivity (Wildman–Crippen MR) is 73.5 cm³/mol. The van der Waals surface area contributed by atoms with E-state index in [1.165, 1.54) is 17.0 Å². The van der Waals surface area contributed by atoms with Gasteiger partial charge in [-0.1, -0.05) is 12.1 Å². The third-order valence-electron chi connectivity index (χ3n) is 3.18. The lowest BCUT2D eigenvalue weighted by Gasteiger charge is -2.24. The van der Waals surface area contributed by atoms with Gasteiger partial charge in [0.15, 0.2) is 0 Å². The molecule has 1 atom stereocenters. The summed E-state index contributed by atoms with van der Waals surface area (Å²) in [6, 6.07) is 9.12. The minimum absolute atomic E-state index is 0.178. The molecule has 1 amide bonds. The van der Waals surface area contributed by atoms with Gasteiger partial charge in [0.05, 0.1) is 6.04 Å². The summed E-state index contributed by atoms with van der Waals surface area (Å²) in [6.07, 6.45) is 0. The number of aromatic nitrogens is 2. The van der Waals surface area contributed by atoms with Crippen molar-refractivity contribution < 1.29 is 9.90 Å². The van der Waals surface area contributed by atoms with Crippen LogP contribution in [0.3, 0.4) is 0 Å². The zero-order chi connectivity index (χ0) is 14.7. The van der Waals surface area contributed by atoms with Crippen molar-refractivity contribution in [2.24, 2.45) is 0 Å². The number of aromatic amines is 1. The van der Waals surface area contributed by atoms with Gasteiger partial charge in [-0.15, -0.1) is 0 Å². The Morgan fingerprint density at radius 2 is 1.90 bits per heavy atom. The van der Waals surface area contributed by atoms with Crippen molar-refractivity contribution in [1.29, 1.82) is 0 Å². The Hall–Kier alpha value is -2.63. The molecule has 0 radical (unpaired) electrons. The molecule has 20 heavy (non-hydrogen) atoms. The lowest BCUT2D eigenvalue weighted by Crippen LogP contribution is -2.31. The van der Waals surface area contributed by atoms with Gasteiger partial charge in [-0.05, 0) is 30.7 Å². The van der Waals surface area contributed by atoms with Crippen LogP contribution in [0.15, 0.2) is 41.2 Å². The van der Waals surface area contributed by atoms with Crippen molar-refractivity contribution >= 4 is 5.91 Å². The average Bonchev–Trinajstić information content (AvgIpc) is 2.46. The van der Waals surface area contributed by atoms with Crippen LogP contribution in [0.5, 0.6) is 5.75 Å². The molecule has 0 fully saturated rings. The Labute approximate surface area is 115 Å².